The molecule has 1 aliphatic rings. The van der Waals surface area contributed by atoms with Crippen molar-refractivity contribution in [2.45, 2.75) is 25.8 Å². The highest BCUT2D eigenvalue weighted by atomic mass is 32.1. The van der Waals surface area contributed by atoms with Gasteiger partial charge in [0.05, 0.1) is 20.3 Å². The molecule has 1 atom stereocenters. The molecule has 0 saturated heterocycles. The minimum atomic E-state index is 0.0663. The zero-order valence-electron chi connectivity index (χ0n) is 15.6. The van der Waals surface area contributed by atoms with Gasteiger partial charge in [-0.05, 0) is 53.9 Å². The van der Waals surface area contributed by atoms with Gasteiger partial charge in [-0.3, -0.25) is 0 Å². The van der Waals surface area contributed by atoms with E-state index < -0.39 is 0 Å². The first-order valence-electron chi connectivity index (χ1n) is 9.03. The second-order valence-corrected chi connectivity index (χ2v) is 6.78. The minimum Gasteiger partial charge on any atom is -0.493 e. The number of thiocarbonyl (C=S) groups is 1. The molecule has 0 fully saturated rings. The van der Waals surface area contributed by atoms with Gasteiger partial charge in [0.2, 0.25) is 0 Å². The van der Waals surface area contributed by atoms with Crippen molar-refractivity contribution >= 4 is 17.3 Å². The van der Waals surface area contributed by atoms with Gasteiger partial charge in [0, 0.05) is 13.1 Å². The number of methoxy groups -OCH3 is 2. The second kappa shape index (κ2) is 8.41. The molecule has 26 heavy (non-hydrogen) atoms. The van der Waals surface area contributed by atoms with E-state index in [-0.39, 0.29) is 6.04 Å². The summed E-state index contributed by atoms with van der Waals surface area (Å²) in [5.41, 5.74) is 3.73. The van der Waals surface area contributed by atoms with Crippen molar-refractivity contribution in [2.75, 3.05) is 27.3 Å². The normalized spacial score (nSPS) is 16.0. The van der Waals surface area contributed by atoms with Crippen molar-refractivity contribution < 1.29 is 9.47 Å². The Labute approximate surface area is 161 Å². The van der Waals surface area contributed by atoms with Crippen LogP contribution in [0, 0.1) is 0 Å². The maximum atomic E-state index is 5.71. The van der Waals surface area contributed by atoms with Gasteiger partial charge in [0.15, 0.2) is 16.6 Å². The molecule has 1 aliphatic heterocycles. The lowest BCUT2D eigenvalue weighted by molar-refractivity contribution is 0.324. The minimum absolute atomic E-state index is 0.0663. The van der Waals surface area contributed by atoms with E-state index in [1.807, 2.05) is 6.07 Å². The summed E-state index contributed by atoms with van der Waals surface area (Å²) < 4.78 is 11.0. The number of hydrogen-bond donors (Lipinski definition) is 1. The monoisotopic (exact) mass is 370 g/mol. The quantitative estimate of drug-likeness (QED) is 0.807. The maximum Gasteiger partial charge on any atom is 0.169 e. The molecule has 4 nitrogen and oxygen atoms in total. The zero-order valence-corrected chi connectivity index (χ0v) is 16.4. The SMILES string of the molecule is CCCNC(=S)N1CCc2cc(OC)c(OC)cc2C1c1ccccc1. The number of ether oxygens (including phenoxy) is 2. The highest BCUT2D eigenvalue weighted by molar-refractivity contribution is 7.80. The largest absolute Gasteiger partial charge is 0.493 e. The summed E-state index contributed by atoms with van der Waals surface area (Å²) in [4.78, 5) is 2.29. The third kappa shape index (κ3) is 3.63. The Morgan fingerprint density at radius 3 is 2.50 bits per heavy atom. The molecular formula is C21H26N2O2S. The van der Waals surface area contributed by atoms with Crippen LogP contribution in [-0.4, -0.2) is 37.3 Å². The zero-order chi connectivity index (χ0) is 18.5. The van der Waals surface area contributed by atoms with Crippen molar-refractivity contribution in [3.05, 3.63) is 59.2 Å². The highest BCUT2D eigenvalue weighted by Crippen LogP contribution is 2.40. The number of hydrogen-bond acceptors (Lipinski definition) is 3. The number of rotatable bonds is 5. The van der Waals surface area contributed by atoms with Crippen molar-refractivity contribution in [3.63, 3.8) is 0 Å². The van der Waals surface area contributed by atoms with E-state index in [9.17, 15) is 0 Å². The lowest BCUT2D eigenvalue weighted by Gasteiger charge is -2.39. The molecule has 0 spiro atoms. The number of benzene rings is 2. The van der Waals surface area contributed by atoms with Crippen LogP contribution in [0.3, 0.4) is 0 Å². The molecule has 1 heterocycles. The van der Waals surface area contributed by atoms with E-state index in [0.717, 1.165) is 42.5 Å². The van der Waals surface area contributed by atoms with Crippen LogP contribution in [0.15, 0.2) is 42.5 Å². The molecule has 1 N–H and O–H groups in total. The molecule has 0 radical (unpaired) electrons. The van der Waals surface area contributed by atoms with E-state index >= 15 is 0 Å². The third-order valence-electron chi connectivity index (χ3n) is 4.78. The van der Waals surface area contributed by atoms with Crippen molar-refractivity contribution in [1.82, 2.24) is 10.2 Å². The standard InChI is InChI=1S/C21H26N2O2S/c1-4-11-22-21(26)23-12-10-16-13-18(24-2)19(25-3)14-17(16)20(23)15-8-6-5-7-9-15/h5-9,13-14,20H,4,10-12H2,1-3H3,(H,22,26). The van der Waals surface area contributed by atoms with E-state index in [0.29, 0.717) is 0 Å². The van der Waals surface area contributed by atoms with Gasteiger partial charge in [-0.15, -0.1) is 0 Å². The molecule has 0 amide bonds. The molecule has 0 saturated carbocycles. The Hall–Kier alpha value is -2.27. The van der Waals surface area contributed by atoms with Crippen LogP contribution in [-0.2, 0) is 6.42 Å². The Morgan fingerprint density at radius 2 is 1.85 bits per heavy atom. The van der Waals surface area contributed by atoms with Crippen LogP contribution in [0.1, 0.15) is 36.1 Å². The second-order valence-electron chi connectivity index (χ2n) is 6.39. The first kappa shape index (κ1) is 18.5. The molecule has 0 aliphatic carbocycles. The molecule has 0 bridgehead atoms. The average molecular weight is 371 g/mol. The summed E-state index contributed by atoms with van der Waals surface area (Å²) in [7, 11) is 3.35. The molecular weight excluding hydrogens is 344 g/mol. The maximum absolute atomic E-state index is 5.71. The van der Waals surface area contributed by atoms with Crippen LogP contribution >= 0.6 is 12.2 Å². The number of fused-ring (bicyclic) bond motifs is 1. The summed E-state index contributed by atoms with van der Waals surface area (Å²) in [6.07, 6.45) is 1.97. The van der Waals surface area contributed by atoms with Crippen LogP contribution in [0.2, 0.25) is 0 Å². The van der Waals surface area contributed by atoms with E-state index in [2.05, 4.69) is 53.5 Å². The third-order valence-corrected chi connectivity index (χ3v) is 5.15. The molecule has 0 aromatic heterocycles. The van der Waals surface area contributed by atoms with Crippen LogP contribution < -0.4 is 14.8 Å². The Morgan fingerprint density at radius 1 is 1.15 bits per heavy atom. The number of nitrogens with one attached hydrogen (secondary N) is 1. The lowest BCUT2D eigenvalue weighted by atomic mass is 9.88. The Bertz CT molecular complexity index is 764. The van der Waals surface area contributed by atoms with Crippen LogP contribution in [0.25, 0.3) is 0 Å². The first-order chi connectivity index (χ1) is 12.7. The van der Waals surface area contributed by atoms with Gasteiger partial charge in [0.25, 0.3) is 0 Å². The molecule has 5 heteroatoms. The van der Waals surface area contributed by atoms with Crippen molar-refractivity contribution in [2.24, 2.45) is 0 Å². The smallest absolute Gasteiger partial charge is 0.169 e. The summed E-state index contributed by atoms with van der Waals surface area (Å²) in [6.45, 7) is 3.90. The first-order valence-corrected chi connectivity index (χ1v) is 9.44. The highest BCUT2D eigenvalue weighted by Gasteiger charge is 2.31. The summed E-state index contributed by atoms with van der Waals surface area (Å²) in [6, 6.07) is 14.8. The summed E-state index contributed by atoms with van der Waals surface area (Å²) in [5.74, 6) is 1.53. The summed E-state index contributed by atoms with van der Waals surface area (Å²) in [5, 5.41) is 4.19. The lowest BCUT2D eigenvalue weighted by Crippen LogP contribution is -2.46. The van der Waals surface area contributed by atoms with Crippen molar-refractivity contribution in [3.8, 4) is 11.5 Å². The van der Waals surface area contributed by atoms with Gasteiger partial charge in [-0.25, -0.2) is 0 Å². The van der Waals surface area contributed by atoms with Crippen LogP contribution in [0.5, 0.6) is 11.5 Å². The fourth-order valence-corrected chi connectivity index (χ4v) is 3.79. The Balaban J connectivity index is 2.07. The predicted octanol–water partition coefficient (Wildman–Crippen LogP) is 3.94. The van der Waals surface area contributed by atoms with E-state index in [4.69, 9.17) is 21.7 Å². The van der Waals surface area contributed by atoms with Gasteiger partial charge < -0.3 is 19.7 Å². The molecule has 3 rings (SSSR count). The average Bonchev–Trinajstić information content (AvgIpc) is 2.70. The van der Waals surface area contributed by atoms with E-state index in [1.165, 1.54) is 16.7 Å². The van der Waals surface area contributed by atoms with Gasteiger partial charge in [-0.1, -0.05) is 37.3 Å². The molecule has 138 valence electrons. The number of nitrogens with zero attached hydrogens (tertiary/aromatic N) is 1. The van der Waals surface area contributed by atoms with Gasteiger partial charge in [-0.2, -0.15) is 0 Å². The Kier molecular flexibility index (Phi) is 5.99. The fourth-order valence-electron chi connectivity index (χ4n) is 3.49. The van der Waals surface area contributed by atoms with Crippen molar-refractivity contribution in [1.29, 1.82) is 0 Å². The van der Waals surface area contributed by atoms with Crippen LogP contribution in [0.4, 0.5) is 0 Å². The molecule has 1 unspecified atom stereocenters. The topological polar surface area (TPSA) is 33.7 Å². The van der Waals surface area contributed by atoms with Gasteiger partial charge in [0.1, 0.15) is 0 Å². The molecule has 2 aromatic carbocycles. The predicted molar refractivity (Wildman–Crippen MR) is 109 cm³/mol. The fraction of sp³-hybridized carbons (Fsp3) is 0.381. The molecule has 2 aromatic rings. The van der Waals surface area contributed by atoms with E-state index in [1.54, 1.807) is 14.2 Å². The summed E-state index contributed by atoms with van der Waals surface area (Å²) >= 11 is 5.71. The van der Waals surface area contributed by atoms with Gasteiger partial charge >= 0.3 is 0 Å².